The lowest BCUT2D eigenvalue weighted by Crippen LogP contribution is -2.23. The molecule has 1 N–H and O–H groups in total. The van der Waals surface area contributed by atoms with Gasteiger partial charge in [0.1, 0.15) is 0 Å². The van der Waals surface area contributed by atoms with Crippen molar-refractivity contribution in [3.8, 4) is 0 Å². The van der Waals surface area contributed by atoms with Gasteiger partial charge in [0.05, 0.1) is 0 Å². The van der Waals surface area contributed by atoms with Crippen LogP contribution in [0.1, 0.15) is 59.3 Å². The molecule has 0 radical (unpaired) electrons. The van der Waals surface area contributed by atoms with E-state index in [-0.39, 0.29) is 0 Å². The van der Waals surface area contributed by atoms with Crippen molar-refractivity contribution >= 4 is 0 Å². The molecule has 0 aliphatic rings. The van der Waals surface area contributed by atoms with Gasteiger partial charge in [0.2, 0.25) is 0 Å². The third-order valence-electron chi connectivity index (χ3n) is 4.25. The van der Waals surface area contributed by atoms with Crippen molar-refractivity contribution < 1.29 is 0 Å². The number of rotatable bonds is 4. The van der Waals surface area contributed by atoms with Crippen LogP contribution in [0.5, 0.6) is 0 Å². The molecule has 0 aromatic heterocycles. The maximum Gasteiger partial charge on any atom is 0.0302 e. The zero-order valence-electron chi connectivity index (χ0n) is 14.1. The van der Waals surface area contributed by atoms with E-state index >= 15 is 0 Å². The largest absolute Gasteiger partial charge is 0.304 e. The molecule has 0 aliphatic carbocycles. The Balaban J connectivity index is 2.18. The van der Waals surface area contributed by atoms with Gasteiger partial charge in [-0.25, -0.2) is 0 Å². The number of benzene rings is 2. The highest BCUT2D eigenvalue weighted by atomic mass is 14.9. The molecule has 2 aromatic carbocycles. The summed E-state index contributed by atoms with van der Waals surface area (Å²) < 4.78 is 0. The fourth-order valence-corrected chi connectivity index (χ4v) is 3.28. The Kier molecular flexibility index (Phi) is 4.84. The first-order chi connectivity index (χ1) is 9.88. The summed E-state index contributed by atoms with van der Waals surface area (Å²) in [4.78, 5) is 0. The summed E-state index contributed by atoms with van der Waals surface area (Å²) in [7, 11) is 0. The summed E-state index contributed by atoms with van der Waals surface area (Å²) in [6.45, 7) is 13.2. The molecule has 21 heavy (non-hydrogen) atoms. The van der Waals surface area contributed by atoms with E-state index < -0.39 is 0 Å². The van der Waals surface area contributed by atoms with Gasteiger partial charge < -0.3 is 5.32 Å². The van der Waals surface area contributed by atoms with Crippen molar-refractivity contribution in [2.75, 3.05) is 0 Å². The molecule has 0 spiro atoms. The predicted octanol–water partition coefficient (Wildman–Crippen LogP) is 5.33. The van der Waals surface area contributed by atoms with Crippen molar-refractivity contribution in [1.29, 1.82) is 0 Å². The van der Waals surface area contributed by atoms with E-state index in [1.54, 1.807) is 0 Å². The smallest absolute Gasteiger partial charge is 0.0302 e. The molecule has 1 nitrogen and oxygen atoms in total. The summed E-state index contributed by atoms with van der Waals surface area (Å²) in [5, 5.41) is 3.73. The van der Waals surface area contributed by atoms with Crippen LogP contribution >= 0.6 is 0 Å². The molecule has 2 rings (SSSR count). The second-order valence-electron chi connectivity index (χ2n) is 6.33. The van der Waals surface area contributed by atoms with Gasteiger partial charge in [-0.15, -0.1) is 0 Å². The van der Waals surface area contributed by atoms with Gasteiger partial charge in [-0.05, 0) is 63.8 Å². The molecule has 0 aliphatic heterocycles. The molecule has 2 atom stereocenters. The Morgan fingerprint density at radius 1 is 0.714 bits per heavy atom. The SMILES string of the molecule is Cc1ccc(C(C)NC(C)c2c(C)cc(C)cc2C)cc1. The molecule has 2 unspecified atom stereocenters. The van der Waals surface area contributed by atoms with E-state index in [0.29, 0.717) is 12.1 Å². The highest BCUT2D eigenvalue weighted by Gasteiger charge is 2.15. The minimum absolute atomic E-state index is 0.348. The number of hydrogen-bond acceptors (Lipinski definition) is 1. The molecule has 2 aromatic rings. The predicted molar refractivity (Wildman–Crippen MR) is 91.8 cm³/mol. The van der Waals surface area contributed by atoms with Crippen LogP contribution in [0.25, 0.3) is 0 Å². The van der Waals surface area contributed by atoms with Crippen LogP contribution in [0.4, 0.5) is 0 Å². The molecule has 0 amide bonds. The van der Waals surface area contributed by atoms with Crippen LogP contribution in [-0.4, -0.2) is 0 Å². The first-order valence-corrected chi connectivity index (χ1v) is 7.79. The van der Waals surface area contributed by atoms with E-state index in [2.05, 4.69) is 83.3 Å². The molecule has 0 fully saturated rings. The standard InChI is InChI=1S/C20H27N/c1-13-7-9-19(10-8-13)17(5)21-18(6)20-15(3)11-14(2)12-16(20)4/h7-12,17-18,21H,1-6H3. The molecule has 0 saturated carbocycles. The quantitative estimate of drug-likeness (QED) is 0.798. The minimum Gasteiger partial charge on any atom is -0.304 e. The van der Waals surface area contributed by atoms with Gasteiger partial charge in [0.25, 0.3) is 0 Å². The average Bonchev–Trinajstić information content (AvgIpc) is 2.37. The van der Waals surface area contributed by atoms with E-state index in [0.717, 1.165) is 0 Å². The zero-order chi connectivity index (χ0) is 15.6. The lowest BCUT2D eigenvalue weighted by molar-refractivity contribution is 0.491. The summed E-state index contributed by atoms with van der Waals surface area (Å²) in [6.07, 6.45) is 0. The zero-order valence-corrected chi connectivity index (χ0v) is 14.1. The normalized spacial score (nSPS) is 14.0. The summed E-state index contributed by atoms with van der Waals surface area (Å²) >= 11 is 0. The number of aryl methyl sites for hydroxylation is 4. The van der Waals surface area contributed by atoms with Crippen molar-refractivity contribution in [3.63, 3.8) is 0 Å². The van der Waals surface area contributed by atoms with Gasteiger partial charge in [0, 0.05) is 12.1 Å². The Bertz CT molecular complexity index is 587. The van der Waals surface area contributed by atoms with Gasteiger partial charge in [-0.1, -0.05) is 47.5 Å². The fourth-order valence-electron chi connectivity index (χ4n) is 3.28. The van der Waals surface area contributed by atoms with E-state index in [9.17, 15) is 0 Å². The van der Waals surface area contributed by atoms with Crippen LogP contribution in [-0.2, 0) is 0 Å². The average molecular weight is 281 g/mol. The first-order valence-electron chi connectivity index (χ1n) is 7.79. The van der Waals surface area contributed by atoms with Crippen molar-refractivity contribution in [1.82, 2.24) is 5.32 Å². The lowest BCUT2D eigenvalue weighted by Gasteiger charge is -2.24. The van der Waals surface area contributed by atoms with Crippen LogP contribution in [0.15, 0.2) is 36.4 Å². The Morgan fingerprint density at radius 3 is 1.76 bits per heavy atom. The molecular weight excluding hydrogens is 254 g/mol. The second kappa shape index (κ2) is 6.44. The topological polar surface area (TPSA) is 12.0 Å². The van der Waals surface area contributed by atoms with Gasteiger partial charge in [-0.2, -0.15) is 0 Å². The second-order valence-corrected chi connectivity index (χ2v) is 6.33. The van der Waals surface area contributed by atoms with E-state index in [1.165, 1.54) is 33.4 Å². The van der Waals surface area contributed by atoms with Gasteiger partial charge in [-0.3, -0.25) is 0 Å². The molecule has 0 bridgehead atoms. The van der Waals surface area contributed by atoms with Gasteiger partial charge in [0.15, 0.2) is 0 Å². The minimum atomic E-state index is 0.348. The summed E-state index contributed by atoms with van der Waals surface area (Å²) in [5.74, 6) is 0. The fraction of sp³-hybridized carbons (Fsp3) is 0.400. The lowest BCUT2D eigenvalue weighted by atomic mass is 9.94. The molecular formula is C20H27N. The molecule has 0 saturated heterocycles. The third-order valence-corrected chi connectivity index (χ3v) is 4.25. The summed E-state index contributed by atoms with van der Waals surface area (Å²) in [6, 6.07) is 14.0. The highest BCUT2D eigenvalue weighted by Crippen LogP contribution is 2.26. The van der Waals surface area contributed by atoms with Crippen molar-refractivity contribution in [3.05, 3.63) is 69.8 Å². The molecule has 0 heterocycles. The van der Waals surface area contributed by atoms with Crippen LogP contribution in [0.3, 0.4) is 0 Å². The number of hydrogen-bond donors (Lipinski definition) is 1. The van der Waals surface area contributed by atoms with Crippen LogP contribution < -0.4 is 5.32 Å². The van der Waals surface area contributed by atoms with Gasteiger partial charge >= 0.3 is 0 Å². The number of nitrogens with one attached hydrogen (secondary N) is 1. The summed E-state index contributed by atoms with van der Waals surface area (Å²) in [5.41, 5.74) is 8.18. The Morgan fingerprint density at radius 2 is 1.24 bits per heavy atom. The highest BCUT2D eigenvalue weighted by molar-refractivity contribution is 5.39. The maximum absolute atomic E-state index is 3.73. The third kappa shape index (κ3) is 3.74. The van der Waals surface area contributed by atoms with Crippen LogP contribution in [0, 0.1) is 27.7 Å². The van der Waals surface area contributed by atoms with Crippen molar-refractivity contribution in [2.24, 2.45) is 0 Å². The van der Waals surface area contributed by atoms with Crippen molar-refractivity contribution in [2.45, 2.75) is 53.6 Å². The van der Waals surface area contributed by atoms with E-state index in [1.807, 2.05) is 0 Å². The molecule has 1 heteroatoms. The molecule has 112 valence electrons. The Labute approximate surface area is 129 Å². The van der Waals surface area contributed by atoms with E-state index in [4.69, 9.17) is 0 Å². The Hall–Kier alpha value is -1.60. The monoisotopic (exact) mass is 281 g/mol. The maximum atomic E-state index is 3.73. The first kappa shape index (κ1) is 15.8. The van der Waals surface area contributed by atoms with Crippen LogP contribution in [0.2, 0.25) is 0 Å².